The highest BCUT2D eigenvalue weighted by molar-refractivity contribution is 5.93. The van der Waals surface area contributed by atoms with Crippen molar-refractivity contribution in [2.45, 2.75) is 69.9 Å². The van der Waals surface area contributed by atoms with Gasteiger partial charge in [0.25, 0.3) is 0 Å². The summed E-state index contributed by atoms with van der Waals surface area (Å²) in [5.41, 5.74) is 2.63. The van der Waals surface area contributed by atoms with Crippen LogP contribution in [0.25, 0.3) is 0 Å². The predicted molar refractivity (Wildman–Crippen MR) is 108 cm³/mol. The van der Waals surface area contributed by atoms with Crippen molar-refractivity contribution < 1.29 is 33.9 Å². The molecule has 0 spiro atoms. The molecule has 5 amide bonds. The second-order valence-corrected chi connectivity index (χ2v) is 8.36. The van der Waals surface area contributed by atoms with Gasteiger partial charge >= 0.3 is 12.0 Å². The maximum atomic E-state index is 13.3. The van der Waals surface area contributed by atoms with E-state index in [9.17, 15) is 28.8 Å². The molecule has 1 aliphatic carbocycles. The van der Waals surface area contributed by atoms with Crippen molar-refractivity contribution in [2.24, 2.45) is 5.92 Å². The maximum Gasteiger partial charge on any atom is 0.358 e. The fourth-order valence-corrected chi connectivity index (χ4v) is 4.41. The van der Waals surface area contributed by atoms with Gasteiger partial charge in [-0.1, -0.05) is 19.3 Å². The molecular formula is C20H29N5O7. The molecule has 3 rings (SSSR count). The van der Waals surface area contributed by atoms with Crippen LogP contribution < -0.4 is 10.7 Å². The van der Waals surface area contributed by atoms with Crippen molar-refractivity contribution >= 4 is 36.0 Å². The number of nitrogens with zero attached hydrogens (tertiary/aromatic N) is 3. The highest BCUT2D eigenvalue weighted by atomic mass is 16.4. The van der Waals surface area contributed by atoms with Crippen LogP contribution in [0.2, 0.25) is 0 Å². The van der Waals surface area contributed by atoms with E-state index in [4.69, 9.17) is 5.11 Å². The number of hydrogen-bond acceptors (Lipinski definition) is 6. The second-order valence-electron chi connectivity index (χ2n) is 8.36. The third-order valence-electron chi connectivity index (χ3n) is 6.08. The van der Waals surface area contributed by atoms with Crippen molar-refractivity contribution in [3.8, 4) is 0 Å². The number of hydrazine groups is 2. The van der Waals surface area contributed by atoms with Gasteiger partial charge < -0.3 is 15.2 Å². The van der Waals surface area contributed by atoms with Crippen LogP contribution in [0, 0.1) is 5.92 Å². The van der Waals surface area contributed by atoms with Crippen LogP contribution in [0.1, 0.15) is 57.8 Å². The van der Waals surface area contributed by atoms with E-state index in [0.717, 1.165) is 42.1 Å². The summed E-state index contributed by atoms with van der Waals surface area (Å²) in [6.45, 7) is 0.221. The molecule has 2 aliphatic heterocycles. The van der Waals surface area contributed by atoms with E-state index in [1.165, 1.54) is 5.01 Å². The number of rotatable bonds is 7. The molecule has 0 unspecified atom stereocenters. The Labute approximate surface area is 185 Å². The van der Waals surface area contributed by atoms with Gasteiger partial charge in [0.2, 0.25) is 17.7 Å². The number of nitrogens with one attached hydrogen (secondary N) is 2. The van der Waals surface area contributed by atoms with E-state index in [2.05, 4.69) is 10.7 Å². The predicted octanol–water partition coefficient (Wildman–Crippen LogP) is -0.210. The molecule has 3 fully saturated rings. The Bertz CT molecular complexity index is 782. The smallest absolute Gasteiger partial charge is 0.358 e. The number of carbonyl (C=O) groups excluding carboxylic acids is 5. The highest BCUT2D eigenvalue weighted by Crippen LogP contribution is 2.26. The Balaban J connectivity index is 1.76. The number of urea groups is 1. The summed E-state index contributed by atoms with van der Waals surface area (Å²) in [7, 11) is 0. The SMILES string of the molecule is O=C[C@H](CC(=O)O)NC(=O)[C@@H]1CCCN2C(=O)CCN(NC(=O)C3CCCCC3)C(=O)N12. The number of aliphatic carboxylic acids is 1. The monoisotopic (exact) mass is 451 g/mol. The van der Waals surface area contributed by atoms with E-state index in [-0.39, 0.29) is 43.7 Å². The first-order chi connectivity index (χ1) is 15.3. The third kappa shape index (κ3) is 5.35. The zero-order chi connectivity index (χ0) is 23.3. The van der Waals surface area contributed by atoms with Crippen LogP contribution in [0.3, 0.4) is 0 Å². The van der Waals surface area contributed by atoms with Gasteiger partial charge in [-0.3, -0.25) is 24.6 Å². The molecular weight excluding hydrogens is 422 g/mol. The lowest BCUT2D eigenvalue weighted by molar-refractivity contribution is -0.155. The molecule has 0 bridgehead atoms. The first-order valence-corrected chi connectivity index (χ1v) is 11.0. The summed E-state index contributed by atoms with van der Waals surface area (Å²) in [4.78, 5) is 73.5. The van der Waals surface area contributed by atoms with Gasteiger partial charge in [-0.05, 0) is 25.7 Å². The number of aldehydes is 1. The number of hydrogen-bond donors (Lipinski definition) is 3. The zero-order valence-corrected chi connectivity index (χ0v) is 17.8. The summed E-state index contributed by atoms with van der Waals surface area (Å²) in [5.74, 6) is -2.82. The molecule has 0 aromatic carbocycles. The van der Waals surface area contributed by atoms with E-state index < -0.39 is 36.4 Å². The molecule has 2 heterocycles. The van der Waals surface area contributed by atoms with Gasteiger partial charge in [-0.15, -0.1) is 0 Å². The van der Waals surface area contributed by atoms with E-state index in [1.807, 2.05) is 0 Å². The van der Waals surface area contributed by atoms with Gasteiger partial charge in [0.15, 0.2) is 0 Å². The molecule has 12 heteroatoms. The molecule has 0 radical (unpaired) electrons. The number of fused-ring (bicyclic) bond motifs is 1. The minimum Gasteiger partial charge on any atom is -0.481 e. The maximum absolute atomic E-state index is 13.3. The lowest BCUT2D eigenvalue weighted by Gasteiger charge is -2.43. The third-order valence-corrected chi connectivity index (χ3v) is 6.08. The first kappa shape index (κ1) is 23.5. The van der Waals surface area contributed by atoms with E-state index in [1.54, 1.807) is 0 Å². The van der Waals surface area contributed by atoms with Gasteiger partial charge in [-0.2, -0.15) is 0 Å². The summed E-state index contributed by atoms with van der Waals surface area (Å²) in [5, 5.41) is 14.5. The normalized spacial score (nSPS) is 23.1. The van der Waals surface area contributed by atoms with E-state index in [0.29, 0.717) is 12.7 Å². The van der Waals surface area contributed by atoms with Gasteiger partial charge in [0.05, 0.1) is 19.0 Å². The molecule has 3 N–H and O–H groups in total. The van der Waals surface area contributed by atoms with Crippen molar-refractivity contribution in [1.82, 2.24) is 25.8 Å². The van der Waals surface area contributed by atoms with Crippen LogP contribution in [-0.4, -0.2) is 81.3 Å². The highest BCUT2D eigenvalue weighted by Gasteiger charge is 2.44. The topological polar surface area (TPSA) is 156 Å². The lowest BCUT2D eigenvalue weighted by Crippen LogP contribution is -2.65. The first-order valence-electron chi connectivity index (χ1n) is 11.0. The second kappa shape index (κ2) is 10.4. The van der Waals surface area contributed by atoms with Gasteiger partial charge in [0, 0.05) is 18.9 Å². The van der Waals surface area contributed by atoms with Crippen molar-refractivity contribution in [2.75, 3.05) is 13.1 Å². The standard InChI is InChI=1S/C20H29N5O7/c26-12-14(11-17(28)29)21-19(31)15-7-4-9-24-16(27)8-10-23(20(32)25(15)24)22-18(30)13-5-2-1-3-6-13/h12-15H,1-11H2,(H,21,31)(H,22,30)(H,28,29)/t14-,15-/m0/s1. The minimum absolute atomic E-state index is 0.0164. The summed E-state index contributed by atoms with van der Waals surface area (Å²) < 4.78 is 0. The van der Waals surface area contributed by atoms with Crippen LogP contribution >= 0.6 is 0 Å². The van der Waals surface area contributed by atoms with Crippen LogP contribution in [0.4, 0.5) is 4.79 Å². The molecule has 12 nitrogen and oxygen atoms in total. The Morgan fingerprint density at radius 1 is 1.03 bits per heavy atom. The van der Waals surface area contributed by atoms with Crippen molar-refractivity contribution in [3.63, 3.8) is 0 Å². The summed E-state index contributed by atoms with van der Waals surface area (Å²) in [6.07, 6.45) is 4.83. The average Bonchev–Trinajstić information content (AvgIpc) is 2.90. The Morgan fingerprint density at radius 2 is 1.75 bits per heavy atom. The quantitative estimate of drug-likeness (QED) is 0.452. The zero-order valence-electron chi connectivity index (χ0n) is 17.8. The van der Waals surface area contributed by atoms with Crippen LogP contribution in [0.15, 0.2) is 0 Å². The van der Waals surface area contributed by atoms with Crippen molar-refractivity contribution in [1.29, 1.82) is 0 Å². The van der Waals surface area contributed by atoms with Crippen LogP contribution in [0.5, 0.6) is 0 Å². The molecule has 176 valence electrons. The number of carboxylic acid groups (broad SMARTS) is 1. The van der Waals surface area contributed by atoms with Crippen molar-refractivity contribution in [3.05, 3.63) is 0 Å². The molecule has 1 saturated carbocycles. The average molecular weight is 451 g/mol. The molecule has 0 aromatic heterocycles. The summed E-state index contributed by atoms with van der Waals surface area (Å²) >= 11 is 0. The molecule has 2 atom stereocenters. The Hall–Kier alpha value is -3.18. The number of carboxylic acids is 1. The lowest BCUT2D eigenvalue weighted by atomic mass is 9.89. The largest absolute Gasteiger partial charge is 0.481 e. The van der Waals surface area contributed by atoms with Crippen LogP contribution in [-0.2, 0) is 24.0 Å². The van der Waals surface area contributed by atoms with Gasteiger partial charge in [0.1, 0.15) is 12.3 Å². The van der Waals surface area contributed by atoms with Gasteiger partial charge in [-0.25, -0.2) is 19.8 Å². The minimum atomic E-state index is -1.26. The fraction of sp³-hybridized carbons (Fsp3) is 0.700. The summed E-state index contributed by atoms with van der Waals surface area (Å²) in [6, 6.07) is -3.07. The molecule has 2 saturated heterocycles. The number of carbonyl (C=O) groups is 6. The molecule has 3 aliphatic rings. The molecule has 0 aromatic rings. The fourth-order valence-electron chi connectivity index (χ4n) is 4.41. The Kier molecular flexibility index (Phi) is 7.65. The Morgan fingerprint density at radius 3 is 2.41 bits per heavy atom. The molecule has 32 heavy (non-hydrogen) atoms. The van der Waals surface area contributed by atoms with E-state index >= 15 is 0 Å². The number of amides is 5.